The second-order valence-electron chi connectivity index (χ2n) is 3.47. The molecule has 15 heavy (non-hydrogen) atoms. The third-order valence-electron chi connectivity index (χ3n) is 1.95. The first-order chi connectivity index (χ1) is 7.18. The minimum Gasteiger partial charge on any atom is -0.370 e. The van der Waals surface area contributed by atoms with Crippen molar-refractivity contribution >= 4 is 11.7 Å². The molecule has 3 N–H and O–H groups in total. The van der Waals surface area contributed by atoms with E-state index < -0.39 is 0 Å². The lowest BCUT2D eigenvalue weighted by atomic mass is 10.2. The summed E-state index contributed by atoms with van der Waals surface area (Å²) in [5.74, 6) is 0.527. The Morgan fingerprint density at radius 2 is 2.33 bits per heavy atom. The molecule has 5 heteroatoms. The average molecular weight is 208 g/mol. The number of carbonyl (C=O) groups is 1. The smallest absolute Gasteiger partial charge is 0.217 e. The molecule has 0 aromatic carbocycles. The Labute approximate surface area is 89.1 Å². The van der Waals surface area contributed by atoms with Crippen molar-refractivity contribution in [3.05, 3.63) is 17.8 Å². The van der Waals surface area contributed by atoms with Crippen LogP contribution >= 0.6 is 0 Å². The van der Waals surface area contributed by atoms with Gasteiger partial charge in [-0.15, -0.1) is 5.10 Å². The van der Waals surface area contributed by atoms with Gasteiger partial charge < -0.3 is 11.1 Å². The first-order valence-electron chi connectivity index (χ1n) is 5.00. The standard InChI is InChI=1S/C10H16N4O/c1-8-6-10(14-13-7-8)12-5-3-2-4-9(11)15/h6-7H,2-5H2,1H3,(H2,11,15)(H,12,14). The molecule has 0 radical (unpaired) electrons. The number of rotatable bonds is 6. The third kappa shape index (κ3) is 4.95. The van der Waals surface area contributed by atoms with Crippen molar-refractivity contribution in [3.8, 4) is 0 Å². The Bertz CT molecular complexity index is 327. The summed E-state index contributed by atoms with van der Waals surface area (Å²) in [6.45, 7) is 2.75. The van der Waals surface area contributed by atoms with Gasteiger partial charge >= 0.3 is 0 Å². The van der Waals surface area contributed by atoms with Crippen LogP contribution in [-0.2, 0) is 4.79 Å². The predicted octanol–water partition coefficient (Wildman–Crippen LogP) is 0.853. The van der Waals surface area contributed by atoms with Crippen molar-refractivity contribution in [2.45, 2.75) is 26.2 Å². The van der Waals surface area contributed by atoms with Crippen molar-refractivity contribution in [1.29, 1.82) is 0 Å². The molecular formula is C10H16N4O. The number of anilines is 1. The van der Waals surface area contributed by atoms with Gasteiger partial charge in [0.15, 0.2) is 0 Å². The highest BCUT2D eigenvalue weighted by Gasteiger charge is 1.96. The summed E-state index contributed by atoms with van der Waals surface area (Å²) < 4.78 is 0. The number of amides is 1. The lowest BCUT2D eigenvalue weighted by Crippen LogP contribution is -2.11. The Kier molecular flexibility index (Phi) is 4.53. The summed E-state index contributed by atoms with van der Waals surface area (Å²) >= 11 is 0. The van der Waals surface area contributed by atoms with Crippen molar-refractivity contribution in [2.75, 3.05) is 11.9 Å². The molecule has 1 aromatic rings. The zero-order valence-corrected chi connectivity index (χ0v) is 8.86. The van der Waals surface area contributed by atoms with Crippen molar-refractivity contribution in [1.82, 2.24) is 10.2 Å². The van der Waals surface area contributed by atoms with Crippen LogP contribution in [-0.4, -0.2) is 22.6 Å². The summed E-state index contributed by atoms with van der Waals surface area (Å²) in [5, 5.41) is 10.9. The molecule has 1 amide bonds. The molecule has 82 valence electrons. The van der Waals surface area contributed by atoms with Gasteiger partial charge in [-0.1, -0.05) is 0 Å². The first kappa shape index (κ1) is 11.4. The highest BCUT2D eigenvalue weighted by atomic mass is 16.1. The van der Waals surface area contributed by atoms with Gasteiger partial charge in [-0.2, -0.15) is 5.10 Å². The number of carbonyl (C=O) groups excluding carboxylic acids is 1. The maximum Gasteiger partial charge on any atom is 0.217 e. The second-order valence-corrected chi connectivity index (χ2v) is 3.47. The van der Waals surface area contributed by atoms with Crippen molar-refractivity contribution in [3.63, 3.8) is 0 Å². The van der Waals surface area contributed by atoms with E-state index in [0.717, 1.165) is 30.8 Å². The van der Waals surface area contributed by atoms with Gasteiger partial charge in [0.25, 0.3) is 0 Å². The summed E-state index contributed by atoms with van der Waals surface area (Å²) in [4.78, 5) is 10.5. The Morgan fingerprint density at radius 3 is 3.00 bits per heavy atom. The Balaban J connectivity index is 2.17. The minimum absolute atomic E-state index is 0.245. The van der Waals surface area contributed by atoms with Gasteiger partial charge in [0.1, 0.15) is 5.82 Å². The van der Waals surface area contributed by atoms with Crippen LogP contribution in [0.3, 0.4) is 0 Å². The molecule has 0 aliphatic rings. The predicted molar refractivity (Wildman–Crippen MR) is 58.3 cm³/mol. The van der Waals surface area contributed by atoms with Gasteiger partial charge in [-0.05, 0) is 31.4 Å². The normalized spacial score (nSPS) is 9.93. The molecule has 1 heterocycles. The number of nitrogens with two attached hydrogens (primary N) is 1. The first-order valence-corrected chi connectivity index (χ1v) is 5.00. The number of hydrogen-bond acceptors (Lipinski definition) is 4. The van der Waals surface area contributed by atoms with E-state index in [1.165, 1.54) is 0 Å². The van der Waals surface area contributed by atoms with Crippen LogP contribution in [0.5, 0.6) is 0 Å². The van der Waals surface area contributed by atoms with E-state index in [9.17, 15) is 4.79 Å². The number of nitrogens with one attached hydrogen (secondary N) is 1. The van der Waals surface area contributed by atoms with Gasteiger partial charge in [0.05, 0.1) is 6.20 Å². The Morgan fingerprint density at radius 1 is 1.53 bits per heavy atom. The molecule has 0 bridgehead atoms. The topological polar surface area (TPSA) is 80.9 Å². The van der Waals surface area contributed by atoms with Crippen molar-refractivity contribution in [2.24, 2.45) is 5.73 Å². The molecule has 0 fully saturated rings. The van der Waals surface area contributed by atoms with E-state index in [2.05, 4.69) is 15.5 Å². The molecule has 1 rings (SSSR count). The number of hydrogen-bond donors (Lipinski definition) is 2. The van der Waals surface area contributed by atoms with Gasteiger partial charge in [0.2, 0.25) is 5.91 Å². The van der Waals surface area contributed by atoms with Gasteiger partial charge in [0, 0.05) is 13.0 Å². The molecule has 5 nitrogen and oxygen atoms in total. The van der Waals surface area contributed by atoms with Crippen LogP contribution in [0.25, 0.3) is 0 Å². The van der Waals surface area contributed by atoms with Crippen LogP contribution in [0.2, 0.25) is 0 Å². The Hall–Kier alpha value is -1.65. The highest BCUT2D eigenvalue weighted by Crippen LogP contribution is 2.03. The molecule has 0 unspecified atom stereocenters. The highest BCUT2D eigenvalue weighted by molar-refractivity contribution is 5.73. The molecule has 0 spiro atoms. The van der Waals surface area contributed by atoms with E-state index in [4.69, 9.17) is 5.73 Å². The monoisotopic (exact) mass is 208 g/mol. The third-order valence-corrected chi connectivity index (χ3v) is 1.95. The summed E-state index contributed by atoms with van der Waals surface area (Å²) in [7, 11) is 0. The number of unbranched alkanes of at least 4 members (excludes halogenated alkanes) is 1. The van der Waals surface area contributed by atoms with Crippen LogP contribution in [0.15, 0.2) is 12.3 Å². The number of nitrogens with zero attached hydrogens (tertiary/aromatic N) is 2. The zero-order chi connectivity index (χ0) is 11.1. The summed E-state index contributed by atoms with van der Waals surface area (Å²) in [6.07, 6.45) is 3.86. The molecule has 0 saturated carbocycles. The molecule has 0 aliphatic heterocycles. The van der Waals surface area contributed by atoms with Crippen LogP contribution in [0.1, 0.15) is 24.8 Å². The van der Waals surface area contributed by atoms with Gasteiger partial charge in [-0.25, -0.2) is 0 Å². The second kappa shape index (κ2) is 5.95. The van der Waals surface area contributed by atoms with Crippen molar-refractivity contribution < 1.29 is 4.79 Å². The van der Waals surface area contributed by atoms with Crippen LogP contribution in [0.4, 0.5) is 5.82 Å². The molecular weight excluding hydrogens is 192 g/mol. The molecule has 0 saturated heterocycles. The van der Waals surface area contributed by atoms with Crippen LogP contribution in [0, 0.1) is 6.92 Å². The quantitative estimate of drug-likeness (QED) is 0.679. The maximum atomic E-state index is 10.5. The number of aryl methyl sites for hydroxylation is 1. The van der Waals surface area contributed by atoms with Gasteiger partial charge in [-0.3, -0.25) is 4.79 Å². The fourth-order valence-corrected chi connectivity index (χ4v) is 1.19. The minimum atomic E-state index is -0.245. The number of aromatic nitrogens is 2. The maximum absolute atomic E-state index is 10.5. The molecule has 1 aromatic heterocycles. The molecule has 0 atom stereocenters. The van der Waals surface area contributed by atoms with E-state index in [-0.39, 0.29) is 5.91 Å². The largest absolute Gasteiger partial charge is 0.370 e. The van der Waals surface area contributed by atoms with E-state index >= 15 is 0 Å². The van der Waals surface area contributed by atoms with E-state index in [1.807, 2.05) is 13.0 Å². The molecule has 0 aliphatic carbocycles. The summed E-state index contributed by atoms with van der Waals surface area (Å²) in [5.41, 5.74) is 6.10. The fraction of sp³-hybridized carbons (Fsp3) is 0.500. The van der Waals surface area contributed by atoms with E-state index in [0.29, 0.717) is 6.42 Å². The lowest BCUT2D eigenvalue weighted by molar-refractivity contribution is -0.118. The summed E-state index contributed by atoms with van der Waals surface area (Å²) in [6, 6.07) is 1.93. The van der Waals surface area contributed by atoms with E-state index in [1.54, 1.807) is 6.20 Å². The number of primary amides is 1. The fourth-order valence-electron chi connectivity index (χ4n) is 1.19. The average Bonchev–Trinajstić information content (AvgIpc) is 2.17. The SMILES string of the molecule is Cc1cnnc(NCCCCC(N)=O)c1. The lowest BCUT2D eigenvalue weighted by Gasteiger charge is -2.04. The van der Waals surface area contributed by atoms with Crippen LogP contribution < -0.4 is 11.1 Å². The zero-order valence-electron chi connectivity index (χ0n) is 8.86.